The fraction of sp³-hybridized carbons (Fsp3) is 0.417. The van der Waals surface area contributed by atoms with Crippen LogP contribution >= 0.6 is 43.2 Å². The van der Waals surface area contributed by atoms with Gasteiger partial charge >= 0.3 is 6.03 Å². The summed E-state index contributed by atoms with van der Waals surface area (Å²) in [5, 5.41) is 4.94. The zero-order chi connectivity index (χ0) is 15.2. The average Bonchev–Trinajstić information content (AvgIpc) is 2.91. The van der Waals surface area contributed by atoms with Crippen LogP contribution in [-0.4, -0.2) is 41.4 Å². The Labute approximate surface area is 141 Å². The summed E-state index contributed by atoms with van der Waals surface area (Å²) in [6.45, 7) is 0.888. The van der Waals surface area contributed by atoms with Gasteiger partial charge < -0.3 is 10.2 Å². The zero-order valence-electron chi connectivity index (χ0n) is 10.7. The van der Waals surface area contributed by atoms with E-state index in [9.17, 15) is 14.4 Å². The molecule has 0 saturated carbocycles. The summed E-state index contributed by atoms with van der Waals surface area (Å²) < 4.78 is 1.73. The number of likely N-dealkylation sites (tertiary alicyclic amines) is 1. The van der Waals surface area contributed by atoms with Crippen LogP contribution in [0.4, 0.5) is 4.79 Å². The molecule has 0 aromatic carbocycles. The predicted molar refractivity (Wildman–Crippen MR) is 84.3 cm³/mol. The minimum atomic E-state index is -0.843. The van der Waals surface area contributed by atoms with Gasteiger partial charge in [0.2, 0.25) is 0 Å². The lowest BCUT2D eigenvalue weighted by molar-refractivity contribution is -0.125. The molecule has 3 rings (SSSR count). The first-order valence-corrected chi connectivity index (χ1v) is 8.69. The van der Waals surface area contributed by atoms with Crippen molar-refractivity contribution in [1.82, 2.24) is 15.5 Å². The Kier molecular flexibility index (Phi) is 3.83. The molecule has 0 atom stereocenters. The van der Waals surface area contributed by atoms with E-state index in [1.807, 2.05) is 0 Å². The molecule has 2 saturated heterocycles. The summed E-state index contributed by atoms with van der Waals surface area (Å²) in [7, 11) is 0. The number of halogens is 2. The molecular weight excluding hydrogens is 426 g/mol. The summed E-state index contributed by atoms with van der Waals surface area (Å²) in [5.74, 6) is -0.341. The molecule has 6 nitrogen and oxygen atoms in total. The molecule has 1 aromatic heterocycles. The number of urea groups is 1. The second-order valence-corrected chi connectivity index (χ2v) is 8.24. The highest BCUT2D eigenvalue weighted by Gasteiger charge is 2.48. The zero-order valence-corrected chi connectivity index (χ0v) is 14.7. The van der Waals surface area contributed by atoms with Gasteiger partial charge in [0.05, 0.1) is 8.66 Å². The minimum Gasteiger partial charge on any atom is -0.338 e. The van der Waals surface area contributed by atoms with Crippen molar-refractivity contribution in [3.63, 3.8) is 0 Å². The van der Waals surface area contributed by atoms with Crippen LogP contribution in [0.3, 0.4) is 0 Å². The van der Waals surface area contributed by atoms with Crippen molar-refractivity contribution in [1.29, 1.82) is 0 Å². The van der Waals surface area contributed by atoms with Crippen molar-refractivity contribution in [2.75, 3.05) is 13.1 Å². The number of hydrogen-bond acceptors (Lipinski definition) is 4. The van der Waals surface area contributed by atoms with Gasteiger partial charge in [-0.1, -0.05) is 0 Å². The molecule has 0 aliphatic carbocycles. The molecule has 2 aliphatic heterocycles. The third kappa shape index (κ3) is 2.62. The van der Waals surface area contributed by atoms with Gasteiger partial charge in [-0.2, -0.15) is 0 Å². The number of carbonyl (C=O) groups excluding carboxylic acids is 3. The number of thiophene rings is 1. The first-order chi connectivity index (χ1) is 9.91. The van der Waals surface area contributed by atoms with Gasteiger partial charge in [-0.15, -0.1) is 11.3 Å². The quantitative estimate of drug-likeness (QED) is 0.661. The molecule has 0 radical (unpaired) electrons. The number of hydrogen-bond donors (Lipinski definition) is 2. The van der Waals surface area contributed by atoms with Crippen molar-refractivity contribution in [2.24, 2.45) is 0 Å². The summed E-state index contributed by atoms with van der Waals surface area (Å²) in [6.07, 6.45) is 0.869. The molecule has 1 aromatic rings. The molecule has 0 bridgehead atoms. The summed E-state index contributed by atoms with van der Waals surface area (Å²) in [6, 6.07) is 1.33. The number of imide groups is 1. The highest BCUT2D eigenvalue weighted by molar-refractivity contribution is 9.13. The molecular formula is C12H11Br2N3O3S. The standard InChI is InChI=1S/C12H11Br2N3O3S/c13-6-5-7(21-8(6)14)9(18)17-3-1-12(2-4-17)10(19)15-11(20)16-12/h5H,1-4H2,(H2,15,16,19,20). The Morgan fingerprint density at radius 2 is 1.95 bits per heavy atom. The fourth-order valence-electron chi connectivity index (χ4n) is 2.58. The smallest absolute Gasteiger partial charge is 0.322 e. The molecule has 21 heavy (non-hydrogen) atoms. The predicted octanol–water partition coefficient (Wildman–Crippen LogP) is 2.09. The van der Waals surface area contributed by atoms with Crippen molar-refractivity contribution in [3.8, 4) is 0 Å². The van der Waals surface area contributed by atoms with Crippen LogP contribution in [-0.2, 0) is 4.79 Å². The molecule has 2 N–H and O–H groups in total. The lowest BCUT2D eigenvalue weighted by Gasteiger charge is -2.36. The van der Waals surface area contributed by atoms with Gasteiger partial charge in [-0.05, 0) is 50.8 Å². The summed E-state index contributed by atoms with van der Waals surface area (Å²) in [5.41, 5.74) is -0.843. The van der Waals surface area contributed by atoms with Crippen molar-refractivity contribution in [3.05, 3.63) is 19.2 Å². The maximum Gasteiger partial charge on any atom is 0.322 e. The average molecular weight is 437 g/mol. The monoisotopic (exact) mass is 435 g/mol. The number of amides is 4. The van der Waals surface area contributed by atoms with Crippen LogP contribution in [0.2, 0.25) is 0 Å². The number of piperidine rings is 1. The van der Waals surface area contributed by atoms with E-state index in [0.717, 1.165) is 8.26 Å². The van der Waals surface area contributed by atoms with Crippen LogP contribution in [0.15, 0.2) is 14.3 Å². The van der Waals surface area contributed by atoms with E-state index in [1.54, 1.807) is 11.0 Å². The van der Waals surface area contributed by atoms with Gasteiger partial charge in [-0.25, -0.2) is 4.79 Å². The van der Waals surface area contributed by atoms with Crippen LogP contribution < -0.4 is 10.6 Å². The number of nitrogens with one attached hydrogen (secondary N) is 2. The van der Waals surface area contributed by atoms with E-state index < -0.39 is 11.6 Å². The van der Waals surface area contributed by atoms with Gasteiger partial charge in [0.15, 0.2) is 0 Å². The highest BCUT2D eigenvalue weighted by Crippen LogP contribution is 2.34. The maximum atomic E-state index is 12.4. The Bertz CT molecular complexity index is 618. The Balaban J connectivity index is 1.70. The second-order valence-electron chi connectivity index (χ2n) is 5.01. The van der Waals surface area contributed by atoms with Crippen molar-refractivity contribution >= 4 is 61.0 Å². The van der Waals surface area contributed by atoms with Crippen molar-refractivity contribution < 1.29 is 14.4 Å². The third-order valence-corrected chi connectivity index (χ3v) is 7.02. The van der Waals surface area contributed by atoms with Gasteiger partial charge in [0, 0.05) is 17.6 Å². The molecule has 4 amide bonds. The first kappa shape index (κ1) is 15.0. The molecule has 1 spiro atoms. The van der Waals surface area contributed by atoms with Gasteiger partial charge in [0.25, 0.3) is 11.8 Å². The second kappa shape index (κ2) is 5.36. The van der Waals surface area contributed by atoms with E-state index in [1.165, 1.54) is 11.3 Å². The Morgan fingerprint density at radius 1 is 1.29 bits per heavy atom. The number of nitrogens with zero attached hydrogens (tertiary/aromatic N) is 1. The normalized spacial score (nSPS) is 20.6. The van der Waals surface area contributed by atoms with E-state index in [-0.39, 0.29) is 11.8 Å². The maximum absolute atomic E-state index is 12.4. The SMILES string of the molecule is O=C1NC(=O)C2(CCN(C(=O)c3cc(Br)c(Br)s3)CC2)N1. The Morgan fingerprint density at radius 3 is 2.43 bits per heavy atom. The van der Waals surface area contributed by atoms with Crippen LogP contribution in [0.1, 0.15) is 22.5 Å². The van der Waals surface area contributed by atoms with E-state index >= 15 is 0 Å². The number of carbonyl (C=O) groups is 3. The Hall–Kier alpha value is -0.930. The van der Waals surface area contributed by atoms with E-state index in [2.05, 4.69) is 42.5 Å². The van der Waals surface area contributed by atoms with Crippen LogP contribution in [0, 0.1) is 0 Å². The summed E-state index contributed by atoms with van der Waals surface area (Å²) in [4.78, 5) is 37.9. The fourth-order valence-corrected chi connectivity index (χ4v) is 4.58. The van der Waals surface area contributed by atoms with Gasteiger partial charge in [0.1, 0.15) is 5.54 Å². The summed E-state index contributed by atoms with van der Waals surface area (Å²) >= 11 is 8.11. The molecule has 2 aliphatic rings. The third-order valence-electron chi connectivity index (χ3n) is 3.77. The van der Waals surface area contributed by atoms with E-state index in [4.69, 9.17) is 0 Å². The molecule has 2 fully saturated rings. The van der Waals surface area contributed by atoms with Crippen molar-refractivity contribution in [2.45, 2.75) is 18.4 Å². The number of rotatable bonds is 1. The molecule has 112 valence electrons. The molecule has 0 unspecified atom stereocenters. The molecule has 9 heteroatoms. The van der Waals surface area contributed by atoms with Crippen LogP contribution in [0.5, 0.6) is 0 Å². The van der Waals surface area contributed by atoms with Gasteiger partial charge in [-0.3, -0.25) is 14.9 Å². The van der Waals surface area contributed by atoms with Crippen LogP contribution in [0.25, 0.3) is 0 Å². The largest absolute Gasteiger partial charge is 0.338 e. The minimum absolute atomic E-state index is 0.0500. The lowest BCUT2D eigenvalue weighted by atomic mass is 9.87. The van der Waals surface area contributed by atoms with E-state index in [0.29, 0.717) is 30.8 Å². The highest BCUT2D eigenvalue weighted by atomic mass is 79.9. The first-order valence-electron chi connectivity index (χ1n) is 6.29. The lowest BCUT2D eigenvalue weighted by Crippen LogP contribution is -2.55. The topological polar surface area (TPSA) is 78.5 Å². The molecule has 3 heterocycles.